The van der Waals surface area contributed by atoms with Crippen molar-refractivity contribution >= 4 is 45.2 Å². The van der Waals surface area contributed by atoms with Gasteiger partial charge in [-0.05, 0) is 6.92 Å². The number of alkyl halides is 2. The van der Waals surface area contributed by atoms with Crippen LogP contribution in [0.25, 0.3) is 0 Å². The van der Waals surface area contributed by atoms with Crippen LogP contribution in [0, 0.1) is 0 Å². The largest absolute Gasteiger partial charge is 0.339 e. The van der Waals surface area contributed by atoms with Gasteiger partial charge in [-0.15, -0.1) is 0 Å². The third-order valence-corrected chi connectivity index (χ3v) is 4.51. The molecule has 0 amide bonds. The van der Waals surface area contributed by atoms with Crippen LogP contribution in [-0.2, 0) is 15.3 Å². The zero-order valence-corrected chi connectivity index (χ0v) is 13.3. The van der Waals surface area contributed by atoms with Crippen molar-refractivity contribution in [1.82, 2.24) is 0 Å². The molecular formula is C12H14I2O2. The van der Waals surface area contributed by atoms with E-state index < -0.39 is 5.79 Å². The Morgan fingerprint density at radius 3 is 2.00 bits per heavy atom. The van der Waals surface area contributed by atoms with E-state index in [1.54, 1.807) is 0 Å². The molecule has 2 rings (SSSR count). The lowest BCUT2D eigenvalue weighted by Crippen LogP contribution is -2.24. The molecule has 1 aromatic rings. The summed E-state index contributed by atoms with van der Waals surface area (Å²) in [6, 6.07) is 10.2. The molecule has 0 N–H and O–H groups in total. The second-order valence-electron chi connectivity index (χ2n) is 3.93. The lowest BCUT2D eigenvalue weighted by atomic mass is 10.1. The van der Waals surface area contributed by atoms with Gasteiger partial charge in [0.1, 0.15) is 0 Å². The first-order valence-corrected chi connectivity index (χ1v) is 8.28. The zero-order valence-electron chi connectivity index (χ0n) is 9.03. The first-order chi connectivity index (χ1) is 7.69. The number of ether oxygens (including phenoxy) is 2. The number of benzene rings is 1. The predicted octanol–water partition coefficient (Wildman–Crippen LogP) is 3.51. The van der Waals surface area contributed by atoms with E-state index in [2.05, 4.69) is 57.3 Å². The molecule has 0 radical (unpaired) electrons. The van der Waals surface area contributed by atoms with Crippen LogP contribution in [0.3, 0.4) is 0 Å². The van der Waals surface area contributed by atoms with Gasteiger partial charge in [0.2, 0.25) is 0 Å². The Labute approximate surface area is 123 Å². The molecule has 0 bridgehead atoms. The predicted molar refractivity (Wildman–Crippen MR) is 81.3 cm³/mol. The summed E-state index contributed by atoms with van der Waals surface area (Å²) in [6.45, 7) is 2.01. The molecule has 1 fully saturated rings. The fourth-order valence-corrected chi connectivity index (χ4v) is 3.39. The Kier molecular flexibility index (Phi) is 4.48. The van der Waals surface area contributed by atoms with Crippen molar-refractivity contribution in [2.45, 2.75) is 24.9 Å². The Morgan fingerprint density at radius 1 is 1.06 bits per heavy atom. The van der Waals surface area contributed by atoms with Crippen LogP contribution in [0.2, 0.25) is 0 Å². The quantitative estimate of drug-likeness (QED) is 0.525. The first kappa shape index (κ1) is 13.0. The fraction of sp³-hybridized carbons (Fsp3) is 0.500. The molecule has 0 saturated carbocycles. The second kappa shape index (κ2) is 5.49. The Bertz CT molecular complexity index is 330. The van der Waals surface area contributed by atoms with Crippen molar-refractivity contribution in [3.8, 4) is 0 Å². The van der Waals surface area contributed by atoms with E-state index >= 15 is 0 Å². The first-order valence-electron chi connectivity index (χ1n) is 5.22. The molecule has 0 spiro atoms. The fourth-order valence-electron chi connectivity index (χ4n) is 1.90. The van der Waals surface area contributed by atoms with Crippen molar-refractivity contribution < 1.29 is 9.47 Å². The average Bonchev–Trinajstić information content (AvgIpc) is 2.68. The van der Waals surface area contributed by atoms with E-state index in [-0.39, 0.29) is 12.2 Å². The smallest absolute Gasteiger partial charge is 0.192 e. The van der Waals surface area contributed by atoms with E-state index in [1.165, 1.54) is 0 Å². The van der Waals surface area contributed by atoms with Crippen molar-refractivity contribution in [3.05, 3.63) is 35.9 Å². The molecule has 1 saturated heterocycles. The number of halogens is 2. The Balaban J connectivity index is 2.22. The summed E-state index contributed by atoms with van der Waals surface area (Å²) in [5.74, 6) is -0.576. The summed E-state index contributed by atoms with van der Waals surface area (Å²) in [7, 11) is 0. The molecule has 1 aliphatic rings. The molecule has 88 valence electrons. The molecule has 2 nitrogen and oxygen atoms in total. The van der Waals surface area contributed by atoms with Gasteiger partial charge in [0.25, 0.3) is 0 Å². The molecule has 1 aromatic carbocycles. The summed E-state index contributed by atoms with van der Waals surface area (Å²) < 4.78 is 14.0. The van der Waals surface area contributed by atoms with Crippen LogP contribution in [0.1, 0.15) is 12.5 Å². The van der Waals surface area contributed by atoms with Crippen LogP contribution < -0.4 is 0 Å². The summed E-state index contributed by atoms with van der Waals surface area (Å²) in [6.07, 6.45) is 0.394. The van der Waals surface area contributed by atoms with E-state index in [0.29, 0.717) is 0 Å². The molecular weight excluding hydrogens is 430 g/mol. The van der Waals surface area contributed by atoms with Gasteiger partial charge in [-0.2, -0.15) is 0 Å². The normalized spacial score (nSPS) is 28.2. The highest BCUT2D eigenvalue weighted by Gasteiger charge is 2.44. The molecule has 4 heteroatoms. The highest BCUT2D eigenvalue weighted by molar-refractivity contribution is 14.1. The van der Waals surface area contributed by atoms with E-state index in [4.69, 9.17) is 9.47 Å². The maximum Gasteiger partial charge on any atom is 0.192 e. The molecule has 0 unspecified atom stereocenters. The van der Waals surface area contributed by atoms with Crippen LogP contribution in [-0.4, -0.2) is 21.1 Å². The molecule has 0 aliphatic carbocycles. The van der Waals surface area contributed by atoms with Gasteiger partial charge in [-0.25, -0.2) is 0 Å². The van der Waals surface area contributed by atoms with Crippen LogP contribution in [0.5, 0.6) is 0 Å². The molecule has 1 aliphatic heterocycles. The lowest BCUT2D eigenvalue weighted by molar-refractivity contribution is -0.165. The Hall–Kier alpha value is 0.600. The number of rotatable bonds is 3. The van der Waals surface area contributed by atoms with Gasteiger partial charge >= 0.3 is 0 Å². The summed E-state index contributed by atoms with van der Waals surface area (Å²) in [5, 5.41) is 0. The van der Waals surface area contributed by atoms with E-state index in [0.717, 1.165) is 14.4 Å². The maximum absolute atomic E-state index is 6.05. The molecule has 0 aromatic heterocycles. The summed E-state index contributed by atoms with van der Waals surface area (Å²) in [5.41, 5.74) is 1.09. The van der Waals surface area contributed by atoms with Crippen LogP contribution in [0.4, 0.5) is 0 Å². The minimum atomic E-state index is -0.576. The minimum Gasteiger partial charge on any atom is -0.339 e. The third-order valence-electron chi connectivity index (χ3n) is 2.77. The number of hydrogen-bond acceptors (Lipinski definition) is 2. The van der Waals surface area contributed by atoms with Crippen LogP contribution in [0.15, 0.2) is 30.3 Å². The topological polar surface area (TPSA) is 18.5 Å². The average molecular weight is 444 g/mol. The summed E-state index contributed by atoms with van der Waals surface area (Å²) in [4.78, 5) is 0. The molecule has 2 atom stereocenters. The van der Waals surface area contributed by atoms with E-state index in [9.17, 15) is 0 Å². The minimum absolute atomic E-state index is 0.197. The van der Waals surface area contributed by atoms with Gasteiger partial charge in [0.15, 0.2) is 5.79 Å². The Morgan fingerprint density at radius 2 is 1.56 bits per heavy atom. The summed E-state index contributed by atoms with van der Waals surface area (Å²) >= 11 is 4.71. The standard InChI is InChI=1S/C12H14I2O2/c1-12(9-5-3-2-4-6-9)15-10(7-13)11(8-14)16-12/h2-6,10-11H,7-8H2,1H3/t10-,11-/m1/s1. The highest BCUT2D eigenvalue weighted by atomic mass is 127. The van der Waals surface area contributed by atoms with Crippen molar-refractivity contribution in [2.24, 2.45) is 0 Å². The molecule has 16 heavy (non-hydrogen) atoms. The van der Waals surface area contributed by atoms with Gasteiger partial charge < -0.3 is 9.47 Å². The van der Waals surface area contributed by atoms with Gasteiger partial charge in [-0.3, -0.25) is 0 Å². The van der Waals surface area contributed by atoms with Crippen molar-refractivity contribution in [3.63, 3.8) is 0 Å². The molecule has 1 heterocycles. The second-order valence-corrected chi connectivity index (χ2v) is 5.69. The van der Waals surface area contributed by atoms with Crippen molar-refractivity contribution in [1.29, 1.82) is 0 Å². The zero-order chi connectivity index (χ0) is 11.6. The van der Waals surface area contributed by atoms with Gasteiger partial charge in [-0.1, -0.05) is 75.5 Å². The third kappa shape index (κ3) is 2.54. The van der Waals surface area contributed by atoms with Crippen molar-refractivity contribution in [2.75, 3.05) is 8.86 Å². The maximum atomic E-state index is 6.05. The highest BCUT2D eigenvalue weighted by Crippen LogP contribution is 2.38. The van der Waals surface area contributed by atoms with E-state index in [1.807, 2.05) is 25.1 Å². The van der Waals surface area contributed by atoms with Crippen LogP contribution >= 0.6 is 45.2 Å². The lowest BCUT2D eigenvalue weighted by Gasteiger charge is -2.23. The van der Waals surface area contributed by atoms with Gasteiger partial charge in [0.05, 0.1) is 12.2 Å². The SMILES string of the molecule is CC1(c2ccccc2)O[C@H](CI)[C@@H](CI)O1. The number of hydrogen-bond donors (Lipinski definition) is 0. The monoisotopic (exact) mass is 444 g/mol. The van der Waals surface area contributed by atoms with Gasteiger partial charge in [0, 0.05) is 14.4 Å².